The SMILES string of the molecule is CC(=O)CC[C@H]1CN(c2cc(F)c(N3CCON(Cc4ccco4)CC3)c(F)c2)C(=O)O1. The zero-order valence-corrected chi connectivity index (χ0v) is 17.8. The Hall–Kier alpha value is -2.98. The van der Waals surface area contributed by atoms with E-state index in [-0.39, 0.29) is 36.7 Å². The molecule has 0 saturated carbocycles. The lowest BCUT2D eigenvalue weighted by atomic mass is 10.1. The summed E-state index contributed by atoms with van der Waals surface area (Å²) >= 11 is 0. The lowest BCUT2D eigenvalue weighted by Gasteiger charge is -2.24. The van der Waals surface area contributed by atoms with Crippen molar-refractivity contribution in [2.75, 3.05) is 42.6 Å². The summed E-state index contributed by atoms with van der Waals surface area (Å²) in [6, 6.07) is 5.89. The highest BCUT2D eigenvalue weighted by Gasteiger charge is 2.33. The summed E-state index contributed by atoms with van der Waals surface area (Å²) in [7, 11) is 0. The molecule has 3 heterocycles. The second-order valence-corrected chi connectivity index (χ2v) is 7.88. The normalized spacial score (nSPS) is 19.8. The van der Waals surface area contributed by atoms with E-state index in [1.807, 2.05) is 6.07 Å². The summed E-state index contributed by atoms with van der Waals surface area (Å²) < 4.78 is 40.5. The molecule has 0 spiro atoms. The van der Waals surface area contributed by atoms with Crippen LogP contribution in [0, 0.1) is 11.6 Å². The summed E-state index contributed by atoms with van der Waals surface area (Å²) in [4.78, 5) is 31.8. The van der Waals surface area contributed by atoms with Crippen molar-refractivity contribution in [1.82, 2.24) is 5.06 Å². The quantitative estimate of drug-likeness (QED) is 0.640. The van der Waals surface area contributed by atoms with E-state index in [0.29, 0.717) is 32.6 Å². The number of rotatable bonds is 7. The molecule has 172 valence electrons. The Morgan fingerprint density at radius 1 is 1.19 bits per heavy atom. The van der Waals surface area contributed by atoms with Gasteiger partial charge in [-0.3, -0.25) is 9.74 Å². The molecule has 0 aliphatic carbocycles. The third-order valence-electron chi connectivity index (χ3n) is 5.49. The minimum absolute atomic E-state index is 0.00917. The number of cyclic esters (lactones) is 1. The monoisotopic (exact) mass is 449 g/mol. The lowest BCUT2D eigenvalue weighted by Crippen LogP contribution is -2.31. The van der Waals surface area contributed by atoms with Gasteiger partial charge in [0.2, 0.25) is 0 Å². The van der Waals surface area contributed by atoms with Crippen molar-refractivity contribution in [3.05, 3.63) is 47.9 Å². The molecule has 0 bridgehead atoms. The van der Waals surface area contributed by atoms with Crippen LogP contribution in [0.15, 0.2) is 34.9 Å². The van der Waals surface area contributed by atoms with Gasteiger partial charge in [-0.1, -0.05) is 0 Å². The molecule has 2 aliphatic heterocycles. The Morgan fingerprint density at radius 3 is 2.66 bits per heavy atom. The third-order valence-corrected chi connectivity index (χ3v) is 5.49. The first-order chi connectivity index (χ1) is 15.4. The number of amides is 1. The minimum Gasteiger partial charge on any atom is -0.468 e. The number of Topliss-reactive ketones (excluding diaryl/α,β-unsaturated/α-hetero) is 1. The first-order valence-electron chi connectivity index (χ1n) is 10.5. The fourth-order valence-corrected chi connectivity index (χ4v) is 3.87. The number of halogens is 2. The highest BCUT2D eigenvalue weighted by atomic mass is 19.1. The van der Waals surface area contributed by atoms with Crippen LogP contribution in [0.2, 0.25) is 0 Å². The van der Waals surface area contributed by atoms with Crippen LogP contribution in [0.25, 0.3) is 0 Å². The van der Waals surface area contributed by atoms with E-state index in [4.69, 9.17) is 14.0 Å². The molecule has 32 heavy (non-hydrogen) atoms. The molecule has 1 aromatic heterocycles. The topological polar surface area (TPSA) is 75.5 Å². The van der Waals surface area contributed by atoms with E-state index in [9.17, 15) is 18.4 Å². The number of nitrogens with zero attached hydrogens (tertiary/aromatic N) is 3. The van der Waals surface area contributed by atoms with E-state index in [2.05, 4.69) is 0 Å². The van der Waals surface area contributed by atoms with Gasteiger partial charge in [0.05, 0.1) is 31.6 Å². The molecular formula is C22H25F2N3O5. The number of hydrogen-bond donors (Lipinski definition) is 0. The van der Waals surface area contributed by atoms with Crippen molar-refractivity contribution in [3.63, 3.8) is 0 Å². The van der Waals surface area contributed by atoms with Crippen molar-refractivity contribution >= 4 is 23.3 Å². The van der Waals surface area contributed by atoms with Crippen LogP contribution in [-0.2, 0) is 20.9 Å². The van der Waals surface area contributed by atoms with Crippen LogP contribution < -0.4 is 9.80 Å². The van der Waals surface area contributed by atoms with Crippen LogP contribution in [0.5, 0.6) is 0 Å². The zero-order chi connectivity index (χ0) is 22.7. The van der Waals surface area contributed by atoms with Gasteiger partial charge in [0.25, 0.3) is 0 Å². The summed E-state index contributed by atoms with van der Waals surface area (Å²) in [5, 5.41) is 1.70. The van der Waals surface area contributed by atoms with Gasteiger partial charge < -0.3 is 18.8 Å². The molecule has 2 fully saturated rings. The molecule has 10 heteroatoms. The first-order valence-corrected chi connectivity index (χ1v) is 10.5. The first kappa shape index (κ1) is 22.2. The van der Waals surface area contributed by atoms with Crippen molar-refractivity contribution in [1.29, 1.82) is 0 Å². The van der Waals surface area contributed by atoms with E-state index < -0.39 is 23.8 Å². The Labute approximate surface area is 184 Å². The van der Waals surface area contributed by atoms with E-state index in [0.717, 1.165) is 17.9 Å². The largest absolute Gasteiger partial charge is 0.468 e. The molecular weight excluding hydrogens is 424 g/mol. The highest BCUT2D eigenvalue weighted by Crippen LogP contribution is 2.32. The molecule has 0 unspecified atom stereocenters. The van der Waals surface area contributed by atoms with Gasteiger partial charge in [-0.2, -0.15) is 5.06 Å². The molecule has 0 radical (unpaired) electrons. The number of furan rings is 1. The maximum absolute atomic E-state index is 15.0. The fraction of sp³-hybridized carbons (Fsp3) is 0.455. The number of ether oxygens (including phenoxy) is 1. The predicted octanol–water partition coefficient (Wildman–Crippen LogP) is 3.51. The van der Waals surface area contributed by atoms with E-state index in [1.54, 1.807) is 22.3 Å². The molecule has 1 atom stereocenters. The molecule has 8 nitrogen and oxygen atoms in total. The van der Waals surface area contributed by atoms with Gasteiger partial charge in [-0.05, 0) is 25.5 Å². The summed E-state index contributed by atoms with van der Waals surface area (Å²) in [6.07, 6.45) is 1.07. The predicted molar refractivity (Wildman–Crippen MR) is 111 cm³/mol. The van der Waals surface area contributed by atoms with Gasteiger partial charge in [0, 0.05) is 38.2 Å². The van der Waals surface area contributed by atoms with Crippen LogP contribution >= 0.6 is 0 Å². The van der Waals surface area contributed by atoms with Crippen LogP contribution in [0.1, 0.15) is 25.5 Å². The van der Waals surface area contributed by atoms with Crippen molar-refractivity contribution in [2.45, 2.75) is 32.4 Å². The average molecular weight is 449 g/mol. The van der Waals surface area contributed by atoms with Gasteiger partial charge in [0.15, 0.2) is 11.6 Å². The third kappa shape index (κ3) is 5.08. The maximum atomic E-state index is 15.0. The van der Waals surface area contributed by atoms with Crippen LogP contribution in [-0.4, -0.2) is 55.8 Å². The minimum atomic E-state index is -0.764. The van der Waals surface area contributed by atoms with E-state index in [1.165, 1.54) is 11.8 Å². The standard InChI is InChI=1S/C22H25F2N3O5/c1-15(28)4-5-18-14-27(22(29)32-18)16-11-19(23)21(20(24)12-16)25-6-7-26(31-10-8-25)13-17-3-2-9-30-17/h2-3,9,11-12,18H,4-8,10,13-14H2,1H3/t18-/m0/s1. The molecule has 1 aromatic carbocycles. The average Bonchev–Trinajstić information content (AvgIpc) is 3.32. The Bertz CT molecular complexity index is 945. The number of carbonyl (C=O) groups is 2. The Morgan fingerprint density at radius 2 is 1.97 bits per heavy atom. The molecule has 2 aliphatic rings. The number of anilines is 2. The smallest absolute Gasteiger partial charge is 0.414 e. The second-order valence-electron chi connectivity index (χ2n) is 7.88. The van der Waals surface area contributed by atoms with Crippen molar-refractivity contribution < 1.29 is 32.4 Å². The number of hydroxylamine groups is 2. The number of ketones is 1. The van der Waals surface area contributed by atoms with Crippen LogP contribution in [0.3, 0.4) is 0 Å². The fourth-order valence-electron chi connectivity index (χ4n) is 3.87. The summed E-state index contributed by atoms with van der Waals surface area (Å²) in [5.41, 5.74) is -0.0671. The Balaban J connectivity index is 1.43. The highest BCUT2D eigenvalue weighted by molar-refractivity contribution is 5.90. The molecule has 1 amide bonds. The molecule has 0 N–H and O–H groups in total. The summed E-state index contributed by atoms with van der Waals surface area (Å²) in [6.45, 7) is 3.39. The lowest BCUT2D eigenvalue weighted by molar-refractivity contribution is -0.157. The zero-order valence-electron chi connectivity index (χ0n) is 17.8. The number of hydrogen-bond acceptors (Lipinski definition) is 7. The van der Waals surface area contributed by atoms with Gasteiger partial charge in [-0.25, -0.2) is 13.6 Å². The summed E-state index contributed by atoms with van der Waals surface area (Å²) in [5.74, 6) is -0.802. The maximum Gasteiger partial charge on any atom is 0.414 e. The Kier molecular flexibility index (Phi) is 6.71. The molecule has 2 saturated heterocycles. The number of benzene rings is 1. The van der Waals surface area contributed by atoms with Gasteiger partial charge in [-0.15, -0.1) is 0 Å². The van der Waals surface area contributed by atoms with Crippen molar-refractivity contribution in [2.24, 2.45) is 0 Å². The van der Waals surface area contributed by atoms with Gasteiger partial charge in [0.1, 0.15) is 23.3 Å². The van der Waals surface area contributed by atoms with Gasteiger partial charge >= 0.3 is 6.09 Å². The van der Waals surface area contributed by atoms with Crippen LogP contribution in [0.4, 0.5) is 25.0 Å². The number of carbonyl (C=O) groups excluding carboxylic acids is 2. The molecule has 4 rings (SSSR count). The van der Waals surface area contributed by atoms with E-state index >= 15 is 0 Å². The van der Waals surface area contributed by atoms with Crippen molar-refractivity contribution in [3.8, 4) is 0 Å². The second kappa shape index (κ2) is 9.66. The molecule has 2 aromatic rings.